The number of hydrogen-bond donors (Lipinski definition) is 3. The molecule has 1 aliphatic carbocycles. The van der Waals surface area contributed by atoms with E-state index >= 15 is 0 Å². The number of aliphatic hydroxyl groups excluding tert-OH is 1. The van der Waals surface area contributed by atoms with Crippen LogP contribution in [0.3, 0.4) is 0 Å². The fourth-order valence-corrected chi connectivity index (χ4v) is 4.67. The van der Waals surface area contributed by atoms with Gasteiger partial charge in [-0.1, -0.05) is 55.3 Å². The number of allylic oxidation sites excluding steroid dienone is 2. The van der Waals surface area contributed by atoms with Crippen molar-refractivity contribution in [1.82, 2.24) is 10.6 Å². The number of hydrogen-bond acceptors (Lipinski definition) is 5. The van der Waals surface area contributed by atoms with Crippen molar-refractivity contribution in [3.05, 3.63) is 61.2 Å². The molecular weight excluding hydrogens is 456 g/mol. The Labute approximate surface area is 215 Å². The van der Waals surface area contributed by atoms with Crippen LogP contribution >= 0.6 is 0 Å². The Balaban J connectivity index is 1.87. The van der Waals surface area contributed by atoms with E-state index in [-0.39, 0.29) is 43.3 Å². The zero-order valence-corrected chi connectivity index (χ0v) is 21.5. The molecule has 1 aromatic carbocycles. The molecule has 36 heavy (non-hydrogen) atoms. The standard InChI is InChI=1S/C29H42N2O5/c1-4-6-15-25(18-23-13-8-7-9-14-23)28(35)36-22(3)20-30-27(34)24(12-5-2)19-26(33)31-29(21-32)16-10-11-17-29/h4-5,7-9,13-14,22,24-25,32H,1-2,6,10-12,15-21H2,3H3,(H,30,34)(H,31,33)/t22-,24+,25+/m0/s1. The van der Waals surface area contributed by atoms with Crippen molar-refractivity contribution in [3.8, 4) is 0 Å². The lowest BCUT2D eigenvalue weighted by Gasteiger charge is -2.28. The van der Waals surface area contributed by atoms with E-state index in [1.807, 2.05) is 30.3 Å². The second kappa shape index (κ2) is 15.2. The SMILES string of the molecule is C=CCC[C@H](Cc1ccccc1)C(=O)O[C@@H](C)CNC(=O)[C@H](CC=C)CC(=O)NC1(CO)CCCC1. The molecule has 1 saturated carbocycles. The van der Waals surface area contributed by atoms with E-state index < -0.39 is 17.6 Å². The van der Waals surface area contributed by atoms with E-state index in [1.54, 1.807) is 19.1 Å². The second-order valence-corrected chi connectivity index (χ2v) is 9.86. The molecule has 3 atom stereocenters. The third-order valence-electron chi connectivity index (χ3n) is 6.78. The Morgan fingerprint density at radius 2 is 1.81 bits per heavy atom. The van der Waals surface area contributed by atoms with E-state index in [0.717, 1.165) is 31.2 Å². The van der Waals surface area contributed by atoms with Crippen molar-refractivity contribution in [2.75, 3.05) is 13.2 Å². The quantitative estimate of drug-likeness (QED) is 0.237. The maximum Gasteiger partial charge on any atom is 0.309 e. The van der Waals surface area contributed by atoms with Crippen molar-refractivity contribution in [2.24, 2.45) is 11.8 Å². The van der Waals surface area contributed by atoms with E-state index in [2.05, 4.69) is 23.8 Å². The predicted octanol–water partition coefficient (Wildman–Crippen LogP) is 3.86. The summed E-state index contributed by atoms with van der Waals surface area (Å²) >= 11 is 0. The summed E-state index contributed by atoms with van der Waals surface area (Å²) in [6, 6.07) is 9.81. The molecule has 7 heteroatoms. The highest BCUT2D eigenvalue weighted by Crippen LogP contribution is 2.29. The van der Waals surface area contributed by atoms with Gasteiger partial charge in [0.15, 0.2) is 0 Å². The Kier molecular flexibility index (Phi) is 12.4. The molecule has 0 saturated heterocycles. The molecule has 2 amide bonds. The van der Waals surface area contributed by atoms with E-state index in [1.165, 1.54) is 0 Å². The number of ether oxygens (including phenoxy) is 1. The minimum Gasteiger partial charge on any atom is -0.461 e. The van der Waals surface area contributed by atoms with Crippen molar-refractivity contribution in [1.29, 1.82) is 0 Å². The van der Waals surface area contributed by atoms with Crippen LogP contribution in [0.25, 0.3) is 0 Å². The summed E-state index contributed by atoms with van der Waals surface area (Å²) in [5, 5.41) is 15.5. The first kappa shape index (κ1) is 29.3. The van der Waals surface area contributed by atoms with Crippen LogP contribution in [0.2, 0.25) is 0 Å². The fraction of sp³-hybridized carbons (Fsp3) is 0.552. The number of aliphatic hydroxyl groups is 1. The first-order valence-corrected chi connectivity index (χ1v) is 13.0. The van der Waals surface area contributed by atoms with Crippen molar-refractivity contribution in [3.63, 3.8) is 0 Å². The van der Waals surface area contributed by atoms with Crippen LogP contribution in [0.15, 0.2) is 55.6 Å². The molecule has 0 bridgehead atoms. The van der Waals surface area contributed by atoms with Gasteiger partial charge in [-0.05, 0) is 51.0 Å². The maximum atomic E-state index is 12.9. The summed E-state index contributed by atoms with van der Waals surface area (Å²) in [5.74, 6) is -1.71. The fourth-order valence-electron chi connectivity index (χ4n) is 4.67. The summed E-state index contributed by atoms with van der Waals surface area (Å²) in [7, 11) is 0. The van der Waals surface area contributed by atoms with Gasteiger partial charge in [-0.2, -0.15) is 0 Å². The molecule has 1 aromatic rings. The largest absolute Gasteiger partial charge is 0.461 e. The van der Waals surface area contributed by atoms with Crippen LogP contribution in [0.1, 0.15) is 63.9 Å². The highest BCUT2D eigenvalue weighted by atomic mass is 16.5. The summed E-state index contributed by atoms with van der Waals surface area (Å²) < 4.78 is 5.65. The average Bonchev–Trinajstić information content (AvgIpc) is 3.34. The molecule has 3 N–H and O–H groups in total. The Morgan fingerprint density at radius 3 is 2.42 bits per heavy atom. The number of rotatable bonds is 16. The van der Waals surface area contributed by atoms with Gasteiger partial charge in [-0.3, -0.25) is 14.4 Å². The second-order valence-electron chi connectivity index (χ2n) is 9.86. The highest BCUT2D eigenvalue weighted by Gasteiger charge is 2.35. The van der Waals surface area contributed by atoms with Crippen LogP contribution < -0.4 is 10.6 Å². The molecule has 0 aromatic heterocycles. The zero-order valence-electron chi connectivity index (χ0n) is 21.5. The highest BCUT2D eigenvalue weighted by molar-refractivity contribution is 5.86. The maximum absolute atomic E-state index is 12.9. The summed E-state index contributed by atoms with van der Waals surface area (Å²) in [4.78, 5) is 38.3. The van der Waals surface area contributed by atoms with Gasteiger partial charge >= 0.3 is 5.97 Å². The van der Waals surface area contributed by atoms with Gasteiger partial charge in [0.25, 0.3) is 0 Å². The van der Waals surface area contributed by atoms with Crippen LogP contribution in [0.4, 0.5) is 0 Å². The smallest absolute Gasteiger partial charge is 0.309 e. The number of amides is 2. The normalized spacial score (nSPS) is 16.8. The molecule has 2 rings (SSSR count). The zero-order chi connectivity index (χ0) is 26.4. The van der Waals surface area contributed by atoms with Crippen molar-refractivity contribution in [2.45, 2.75) is 76.4 Å². The molecule has 0 spiro atoms. The lowest BCUT2D eigenvalue weighted by Crippen LogP contribution is -2.50. The first-order chi connectivity index (χ1) is 17.3. The Bertz CT molecular complexity index is 864. The number of carbonyl (C=O) groups is 3. The number of carbonyl (C=O) groups excluding carboxylic acids is 3. The van der Waals surface area contributed by atoms with Gasteiger partial charge in [-0.15, -0.1) is 13.2 Å². The lowest BCUT2D eigenvalue weighted by atomic mass is 9.95. The molecule has 0 radical (unpaired) electrons. The molecule has 0 heterocycles. The average molecular weight is 499 g/mol. The van der Waals surface area contributed by atoms with Gasteiger partial charge < -0.3 is 20.5 Å². The lowest BCUT2D eigenvalue weighted by molar-refractivity contribution is -0.153. The number of esters is 1. The molecule has 0 unspecified atom stereocenters. The van der Waals surface area contributed by atoms with Crippen LogP contribution in [-0.4, -0.2) is 47.7 Å². The Morgan fingerprint density at radius 1 is 1.11 bits per heavy atom. The van der Waals surface area contributed by atoms with Crippen molar-refractivity contribution < 1.29 is 24.2 Å². The molecule has 1 aliphatic rings. The van der Waals surface area contributed by atoms with Crippen LogP contribution in [-0.2, 0) is 25.5 Å². The minimum absolute atomic E-state index is 0.00841. The van der Waals surface area contributed by atoms with Gasteiger partial charge in [0.2, 0.25) is 11.8 Å². The van der Waals surface area contributed by atoms with Gasteiger partial charge in [0.05, 0.1) is 30.5 Å². The third-order valence-corrected chi connectivity index (χ3v) is 6.78. The molecule has 198 valence electrons. The molecule has 0 aliphatic heterocycles. The molecule has 7 nitrogen and oxygen atoms in total. The van der Waals surface area contributed by atoms with Gasteiger partial charge in [0.1, 0.15) is 6.10 Å². The topological polar surface area (TPSA) is 105 Å². The predicted molar refractivity (Wildman–Crippen MR) is 141 cm³/mol. The number of benzene rings is 1. The van der Waals surface area contributed by atoms with E-state index in [4.69, 9.17) is 4.74 Å². The van der Waals surface area contributed by atoms with E-state index in [0.29, 0.717) is 25.7 Å². The monoisotopic (exact) mass is 498 g/mol. The molecule has 1 fully saturated rings. The van der Waals surface area contributed by atoms with Crippen LogP contribution in [0.5, 0.6) is 0 Å². The van der Waals surface area contributed by atoms with Crippen LogP contribution in [0, 0.1) is 11.8 Å². The summed E-state index contributed by atoms with van der Waals surface area (Å²) in [6.45, 7) is 9.25. The van der Waals surface area contributed by atoms with Gasteiger partial charge in [-0.25, -0.2) is 0 Å². The first-order valence-electron chi connectivity index (χ1n) is 13.0. The Hall–Kier alpha value is -2.93. The summed E-state index contributed by atoms with van der Waals surface area (Å²) in [5.41, 5.74) is 0.493. The van der Waals surface area contributed by atoms with Crippen molar-refractivity contribution >= 4 is 17.8 Å². The third kappa shape index (κ3) is 9.61. The van der Waals surface area contributed by atoms with E-state index in [9.17, 15) is 19.5 Å². The van der Waals surface area contributed by atoms with Gasteiger partial charge in [0, 0.05) is 6.42 Å². The number of nitrogens with one attached hydrogen (secondary N) is 2. The molecular formula is C29H42N2O5. The summed E-state index contributed by atoms with van der Waals surface area (Å²) in [6.07, 6.45) is 8.60. The minimum atomic E-state index is -0.582.